The molecule has 1 aromatic carbocycles. The third kappa shape index (κ3) is 2.35. The van der Waals surface area contributed by atoms with Crippen LogP contribution in [0.2, 0.25) is 0 Å². The molecule has 0 atom stereocenters. The lowest BCUT2D eigenvalue weighted by atomic mass is 9.95. The van der Waals surface area contributed by atoms with Gasteiger partial charge in [0.1, 0.15) is 0 Å². The van der Waals surface area contributed by atoms with Crippen molar-refractivity contribution in [3.8, 4) is 11.5 Å². The van der Waals surface area contributed by atoms with E-state index in [1.54, 1.807) is 0 Å². The topological polar surface area (TPSA) is 47.6 Å². The number of ether oxygens (including phenoxy) is 2. The lowest BCUT2D eigenvalue weighted by Crippen LogP contribution is -2.34. The molecule has 4 heteroatoms. The van der Waals surface area contributed by atoms with Gasteiger partial charge in [0.15, 0.2) is 11.5 Å². The van der Waals surface area contributed by atoms with Crippen molar-refractivity contribution >= 4 is 11.6 Å². The first-order valence-electron chi connectivity index (χ1n) is 7.22. The van der Waals surface area contributed by atoms with Crippen LogP contribution in [0, 0.1) is 5.41 Å². The van der Waals surface area contributed by atoms with Gasteiger partial charge >= 0.3 is 0 Å². The second-order valence-electron chi connectivity index (χ2n) is 6.69. The van der Waals surface area contributed by atoms with Crippen molar-refractivity contribution in [2.75, 3.05) is 5.32 Å². The summed E-state index contributed by atoms with van der Waals surface area (Å²) < 4.78 is 11.9. The fourth-order valence-electron chi connectivity index (χ4n) is 2.61. The molecule has 0 radical (unpaired) electrons. The van der Waals surface area contributed by atoms with Crippen LogP contribution in [-0.4, -0.2) is 11.7 Å². The molecular weight excluding hydrogens is 254 g/mol. The van der Waals surface area contributed by atoms with E-state index in [9.17, 15) is 4.79 Å². The van der Waals surface area contributed by atoms with Crippen LogP contribution in [0.25, 0.3) is 0 Å². The fourth-order valence-corrected chi connectivity index (χ4v) is 2.61. The maximum absolute atomic E-state index is 12.0. The van der Waals surface area contributed by atoms with Crippen LogP contribution in [0.5, 0.6) is 11.5 Å². The largest absolute Gasteiger partial charge is 0.448 e. The van der Waals surface area contributed by atoms with Crippen molar-refractivity contribution in [3.05, 3.63) is 18.2 Å². The number of anilines is 1. The van der Waals surface area contributed by atoms with Crippen LogP contribution in [-0.2, 0) is 4.79 Å². The summed E-state index contributed by atoms with van der Waals surface area (Å²) in [6, 6.07) is 5.59. The van der Waals surface area contributed by atoms with Crippen molar-refractivity contribution in [2.24, 2.45) is 5.41 Å². The molecule has 1 fully saturated rings. The van der Waals surface area contributed by atoms with Crippen molar-refractivity contribution in [2.45, 2.75) is 52.2 Å². The molecule has 0 saturated heterocycles. The molecule has 1 aliphatic carbocycles. The lowest BCUT2D eigenvalue weighted by molar-refractivity contribution is -0.123. The van der Waals surface area contributed by atoms with Crippen molar-refractivity contribution in [1.82, 2.24) is 0 Å². The van der Waals surface area contributed by atoms with Crippen LogP contribution >= 0.6 is 0 Å². The van der Waals surface area contributed by atoms with E-state index in [1.807, 2.05) is 39.0 Å². The van der Waals surface area contributed by atoms with Crippen LogP contribution in [0.15, 0.2) is 18.2 Å². The maximum Gasteiger partial charge on any atom is 0.251 e. The number of carbonyl (C=O) groups excluding carboxylic acids is 1. The second kappa shape index (κ2) is 4.40. The monoisotopic (exact) mass is 275 g/mol. The first-order chi connectivity index (χ1) is 9.38. The van der Waals surface area contributed by atoms with E-state index in [4.69, 9.17) is 9.47 Å². The number of rotatable bonds is 1. The first kappa shape index (κ1) is 13.3. The summed E-state index contributed by atoms with van der Waals surface area (Å²) in [6.45, 7) is 5.68. The SMILES string of the molecule is CC(C)(C)C(=O)Nc1ccc2c(c1)OC1(CCCC1)O2. The zero-order chi connectivity index (χ0) is 14.4. The number of benzene rings is 1. The second-order valence-corrected chi connectivity index (χ2v) is 6.69. The standard InChI is InChI=1S/C16H21NO3/c1-15(2,3)14(18)17-11-6-7-12-13(10-11)20-16(19-12)8-4-5-9-16/h6-7,10H,4-5,8-9H2,1-3H3,(H,17,18). The molecule has 1 heterocycles. The minimum atomic E-state index is -0.449. The Morgan fingerprint density at radius 3 is 2.45 bits per heavy atom. The van der Waals surface area contributed by atoms with Crippen molar-refractivity contribution in [1.29, 1.82) is 0 Å². The van der Waals surface area contributed by atoms with Gasteiger partial charge in [-0.05, 0) is 25.0 Å². The third-order valence-corrected chi connectivity index (χ3v) is 3.84. The minimum absolute atomic E-state index is 0.00746. The zero-order valence-electron chi connectivity index (χ0n) is 12.3. The summed E-state index contributed by atoms with van der Waals surface area (Å²) >= 11 is 0. The normalized spacial score (nSPS) is 19.4. The van der Waals surface area contributed by atoms with Crippen LogP contribution in [0.3, 0.4) is 0 Å². The van der Waals surface area contributed by atoms with E-state index in [2.05, 4.69) is 5.32 Å². The molecule has 0 bridgehead atoms. The van der Waals surface area contributed by atoms with Crippen LogP contribution < -0.4 is 14.8 Å². The molecule has 2 aliphatic rings. The Kier molecular flexibility index (Phi) is 2.92. The summed E-state index contributed by atoms with van der Waals surface area (Å²) in [5, 5.41) is 2.92. The predicted molar refractivity (Wildman–Crippen MR) is 77.0 cm³/mol. The highest BCUT2D eigenvalue weighted by Gasteiger charge is 2.44. The van der Waals surface area contributed by atoms with Gasteiger partial charge in [0.2, 0.25) is 5.91 Å². The van der Waals surface area contributed by atoms with Gasteiger partial charge in [-0.15, -0.1) is 0 Å². The highest BCUT2D eigenvalue weighted by Crippen LogP contribution is 2.47. The Hall–Kier alpha value is -1.71. The zero-order valence-corrected chi connectivity index (χ0v) is 12.3. The van der Waals surface area contributed by atoms with Gasteiger partial charge in [-0.2, -0.15) is 0 Å². The first-order valence-corrected chi connectivity index (χ1v) is 7.22. The van der Waals surface area contributed by atoms with E-state index in [1.165, 1.54) is 0 Å². The van der Waals surface area contributed by atoms with Gasteiger partial charge in [0, 0.05) is 30.0 Å². The highest BCUT2D eigenvalue weighted by molar-refractivity contribution is 5.94. The Balaban J connectivity index is 1.77. The van der Waals surface area contributed by atoms with E-state index < -0.39 is 11.2 Å². The van der Waals surface area contributed by atoms with Crippen molar-refractivity contribution in [3.63, 3.8) is 0 Å². The number of carbonyl (C=O) groups is 1. The average Bonchev–Trinajstić information content (AvgIpc) is 2.94. The van der Waals surface area contributed by atoms with Crippen molar-refractivity contribution < 1.29 is 14.3 Å². The molecular formula is C16H21NO3. The smallest absolute Gasteiger partial charge is 0.251 e. The number of hydrogen-bond donors (Lipinski definition) is 1. The summed E-state index contributed by atoms with van der Waals surface area (Å²) in [7, 11) is 0. The Morgan fingerprint density at radius 2 is 1.80 bits per heavy atom. The molecule has 1 saturated carbocycles. The van der Waals surface area contributed by atoms with E-state index in [0.717, 1.165) is 42.9 Å². The van der Waals surface area contributed by atoms with Gasteiger partial charge in [0.25, 0.3) is 5.79 Å². The molecule has 0 aromatic heterocycles. The Bertz CT molecular complexity index is 539. The molecule has 1 amide bonds. The highest BCUT2D eigenvalue weighted by atomic mass is 16.7. The number of fused-ring (bicyclic) bond motifs is 1. The molecule has 108 valence electrons. The predicted octanol–water partition coefficient (Wildman–Crippen LogP) is 3.71. The van der Waals surface area contributed by atoms with Gasteiger partial charge in [-0.1, -0.05) is 20.8 Å². The summed E-state index contributed by atoms with van der Waals surface area (Å²) in [5.74, 6) is 1.06. The Labute approximate surface area is 119 Å². The molecule has 3 rings (SSSR count). The van der Waals surface area contributed by atoms with Gasteiger partial charge in [0.05, 0.1) is 0 Å². The number of amides is 1. The molecule has 4 nitrogen and oxygen atoms in total. The molecule has 20 heavy (non-hydrogen) atoms. The van der Waals surface area contributed by atoms with Gasteiger partial charge in [-0.25, -0.2) is 0 Å². The third-order valence-electron chi connectivity index (χ3n) is 3.84. The van der Waals surface area contributed by atoms with E-state index >= 15 is 0 Å². The lowest BCUT2D eigenvalue weighted by Gasteiger charge is -2.21. The summed E-state index contributed by atoms with van der Waals surface area (Å²) in [4.78, 5) is 12.0. The molecule has 1 spiro atoms. The maximum atomic E-state index is 12.0. The number of hydrogen-bond acceptors (Lipinski definition) is 3. The van der Waals surface area contributed by atoms with E-state index in [-0.39, 0.29) is 5.91 Å². The fraction of sp³-hybridized carbons (Fsp3) is 0.562. The molecule has 0 unspecified atom stereocenters. The minimum Gasteiger partial charge on any atom is -0.448 e. The van der Waals surface area contributed by atoms with Crippen LogP contribution in [0.1, 0.15) is 46.5 Å². The summed E-state index contributed by atoms with van der Waals surface area (Å²) in [6.07, 6.45) is 4.15. The average molecular weight is 275 g/mol. The quantitative estimate of drug-likeness (QED) is 0.849. The van der Waals surface area contributed by atoms with Crippen LogP contribution in [0.4, 0.5) is 5.69 Å². The molecule has 1 aromatic rings. The Morgan fingerprint density at radius 1 is 1.15 bits per heavy atom. The van der Waals surface area contributed by atoms with Gasteiger partial charge in [-0.3, -0.25) is 4.79 Å². The van der Waals surface area contributed by atoms with E-state index in [0.29, 0.717) is 0 Å². The summed E-state index contributed by atoms with van der Waals surface area (Å²) in [5.41, 5.74) is 0.339. The number of nitrogens with one attached hydrogen (secondary N) is 1. The van der Waals surface area contributed by atoms with Gasteiger partial charge < -0.3 is 14.8 Å². The molecule has 1 aliphatic heterocycles. The molecule has 1 N–H and O–H groups in total.